The van der Waals surface area contributed by atoms with Gasteiger partial charge < -0.3 is 0 Å². The van der Waals surface area contributed by atoms with Gasteiger partial charge in [-0.3, -0.25) is 0 Å². The zero-order valence-electron chi connectivity index (χ0n) is 11.0. The lowest BCUT2D eigenvalue weighted by Crippen LogP contribution is -2.51. The molecule has 4 fully saturated rings. The summed E-state index contributed by atoms with van der Waals surface area (Å²) in [5.74, 6) is 5.70. The highest BCUT2D eigenvalue weighted by atomic mass is 14.9. The number of allylic oxidation sites excluding steroid dienone is 6. The Labute approximate surface area is 108 Å². The van der Waals surface area contributed by atoms with E-state index in [1.54, 1.807) is 12.8 Å². The van der Waals surface area contributed by atoms with E-state index < -0.39 is 0 Å². The van der Waals surface area contributed by atoms with Gasteiger partial charge in [-0.1, -0.05) is 31.6 Å². The van der Waals surface area contributed by atoms with Crippen molar-refractivity contribution in [3.63, 3.8) is 0 Å². The van der Waals surface area contributed by atoms with Crippen LogP contribution in [0.5, 0.6) is 0 Å². The largest absolute Gasteiger partial charge is 0.0732 e. The molecule has 0 aromatic carbocycles. The third-order valence-corrected chi connectivity index (χ3v) is 8.67. The van der Waals surface area contributed by atoms with Crippen LogP contribution in [0.2, 0.25) is 0 Å². The third kappa shape index (κ3) is 0.434. The molecule has 8 unspecified atom stereocenters. The smallest absolute Gasteiger partial charge is 0.00357 e. The average molecular weight is 234 g/mol. The first-order valence-electron chi connectivity index (χ1n) is 7.89. The predicted molar refractivity (Wildman–Crippen MR) is 69.6 cm³/mol. The highest BCUT2D eigenvalue weighted by molar-refractivity contribution is 5.70. The first kappa shape index (κ1) is 8.40. The average Bonchev–Trinajstić information content (AvgIpc) is 2.69. The molecule has 90 valence electrons. The molecule has 0 N–H and O–H groups in total. The number of hydrogen-bond donors (Lipinski definition) is 0. The predicted octanol–water partition coefficient (Wildman–Crippen LogP) is 3.72. The van der Waals surface area contributed by atoms with E-state index in [0.717, 1.165) is 35.5 Å². The van der Waals surface area contributed by atoms with E-state index in [2.05, 4.69) is 26.0 Å². The summed E-state index contributed by atoms with van der Waals surface area (Å²) in [7, 11) is 0. The Bertz CT molecular complexity index is 674. The zero-order chi connectivity index (χ0) is 11.6. The van der Waals surface area contributed by atoms with E-state index in [0.29, 0.717) is 10.8 Å². The Balaban J connectivity index is 1.81. The maximum absolute atomic E-state index is 2.74. The van der Waals surface area contributed by atoms with Crippen molar-refractivity contribution in [2.45, 2.75) is 26.7 Å². The van der Waals surface area contributed by atoms with Gasteiger partial charge in [0, 0.05) is 11.3 Å². The molecule has 18 heavy (non-hydrogen) atoms. The van der Waals surface area contributed by atoms with Crippen LogP contribution >= 0.6 is 0 Å². The van der Waals surface area contributed by atoms with E-state index in [-0.39, 0.29) is 0 Å². The van der Waals surface area contributed by atoms with E-state index in [1.807, 2.05) is 22.3 Å². The van der Waals surface area contributed by atoms with Crippen LogP contribution in [-0.2, 0) is 0 Å². The van der Waals surface area contributed by atoms with Gasteiger partial charge in [-0.05, 0) is 64.6 Å². The molecule has 0 saturated heterocycles. The van der Waals surface area contributed by atoms with Crippen molar-refractivity contribution in [3.8, 4) is 0 Å². The Morgan fingerprint density at radius 2 is 2.11 bits per heavy atom. The topological polar surface area (TPSA) is 0 Å². The molecular formula is C18H18. The van der Waals surface area contributed by atoms with Gasteiger partial charge in [0.1, 0.15) is 0 Å². The summed E-state index contributed by atoms with van der Waals surface area (Å²) in [6.45, 7) is 5.16. The fourth-order valence-electron chi connectivity index (χ4n) is 8.70. The maximum atomic E-state index is 2.74. The summed E-state index contributed by atoms with van der Waals surface area (Å²) in [4.78, 5) is 0. The van der Waals surface area contributed by atoms with Gasteiger partial charge in [0.05, 0.1) is 0 Å². The standard InChI is InChI=1S/C18H18/c1-7-9-3-11-13-4-10-12-5-17(13)6-18(14(7)12,16(9)10)8(2)15(11)17/h3-4,7-8,11-12,14-15H,5-6H2,1-2H3. The minimum atomic E-state index is 0.650. The molecule has 4 saturated carbocycles. The lowest BCUT2D eigenvalue weighted by atomic mass is 9.45. The molecule has 8 aliphatic rings. The second-order valence-electron chi connectivity index (χ2n) is 8.39. The molecule has 8 rings (SSSR count). The van der Waals surface area contributed by atoms with Crippen LogP contribution in [0.25, 0.3) is 0 Å². The summed E-state index contributed by atoms with van der Waals surface area (Å²) in [6.07, 6.45) is 8.53. The van der Waals surface area contributed by atoms with Crippen LogP contribution in [0.1, 0.15) is 26.7 Å². The lowest BCUT2D eigenvalue weighted by molar-refractivity contribution is 0.0330. The SMILES string of the molecule is CC1C2=CC3C4=CC5=C2C26CC4(CC5C12)C3C6C. The van der Waals surface area contributed by atoms with Gasteiger partial charge in [0.2, 0.25) is 0 Å². The number of rotatable bonds is 0. The van der Waals surface area contributed by atoms with E-state index in [1.165, 1.54) is 0 Å². The second kappa shape index (κ2) is 1.84. The Morgan fingerprint density at radius 3 is 3.00 bits per heavy atom. The maximum Gasteiger partial charge on any atom is 0.00357 e. The molecule has 10 bridgehead atoms. The van der Waals surface area contributed by atoms with Crippen LogP contribution in [0.15, 0.2) is 34.4 Å². The van der Waals surface area contributed by atoms with Crippen LogP contribution in [-0.4, -0.2) is 0 Å². The van der Waals surface area contributed by atoms with Gasteiger partial charge in [0.15, 0.2) is 0 Å². The van der Waals surface area contributed by atoms with Gasteiger partial charge >= 0.3 is 0 Å². The highest BCUT2D eigenvalue weighted by Gasteiger charge is 2.83. The van der Waals surface area contributed by atoms with Gasteiger partial charge in [-0.25, -0.2) is 0 Å². The summed E-state index contributed by atoms with van der Waals surface area (Å²) in [5, 5.41) is 0. The van der Waals surface area contributed by atoms with Crippen molar-refractivity contribution >= 4 is 0 Å². The van der Waals surface area contributed by atoms with Gasteiger partial charge in [-0.2, -0.15) is 0 Å². The summed E-state index contributed by atoms with van der Waals surface area (Å²) in [6, 6.07) is 0. The van der Waals surface area contributed by atoms with Crippen molar-refractivity contribution in [3.05, 3.63) is 34.4 Å². The second-order valence-corrected chi connectivity index (χ2v) is 8.39. The molecule has 0 nitrogen and oxygen atoms in total. The van der Waals surface area contributed by atoms with Crippen LogP contribution < -0.4 is 0 Å². The van der Waals surface area contributed by atoms with Gasteiger partial charge in [0.25, 0.3) is 0 Å². The fourth-order valence-corrected chi connectivity index (χ4v) is 8.70. The minimum absolute atomic E-state index is 0.650. The molecule has 8 aliphatic carbocycles. The molecule has 0 heterocycles. The van der Waals surface area contributed by atoms with Crippen LogP contribution in [0, 0.1) is 46.3 Å². The van der Waals surface area contributed by atoms with Crippen molar-refractivity contribution in [1.29, 1.82) is 0 Å². The van der Waals surface area contributed by atoms with E-state index in [9.17, 15) is 0 Å². The molecule has 0 aliphatic heterocycles. The van der Waals surface area contributed by atoms with Crippen molar-refractivity contribution in [2.24, 2.45) is 46.3 Å². The quantitative estimate of drug-likeness (QED) is 0.599. The number of hydrogen-bond acceptors (Lipinski definition) is 0. The molecule has 0 amide bonds. The van der Waals surface area contributed by atoms with Crippen molar-refractivity contribution in [2.75, 3.05) is 0 Å². The Kier molecular flexibility index (Phi) is 0.858. The molecule has 0 aromatic heterocycles. The Hall–Kier alpha value is -0.780. The first-order chi connectivity index (χ1) is 8.70. The Morgan fingerprint density at radius 1 is 1.22 bits per heavy atom. The zero-order valence-corrected chi connectivity index (χ0v) is 11.0. The molecule has 8 atom stereocenters. The summed E-state index contributed by atoms with van der Waals surface area (Å²) in [5.41, 5.74) is 8.77. The molecule has 2 spiro atoms. The van der Waals surface area contributed by atoms with E-state index in [4.69, 9.17) is 0 Å². The van der Waals surface area contributed by atoms with Gasteiger partial charge in [-0.15, -0.1) is 0 Å². The molecule has 0 radical (unpaired) electrons. The lowest BCUT2D eigenvalue weighted by Gasteiger charge is -2.58. The monoisotopic (exact) mass is 234 g/mol. The van der Waals surface area contributed by atoms with Crippen molar-refractivity contribution in [1.82, 2.24) is 0 Å². The minimum Gasteiger partial charge on any atom is -0.0732 e. The van der Waals surface area contributed by atoms with E-state index >= 15 is 0 Å². The molecular weight excluding hydrogens is 216 g/mol. The summed E-state index contributed by atoms with van der Waals surface area (Å²) < 4.78 is 0. The first-order valence-corrected chi connectivity index (χ1v) is 7.89. The molecule has 0 heteroatoms. The van der Waals surface area contributed by atoms with Crippen molar-refractivity contribution < 1.29 is 0 Å². The van der Waals surface area contributed by atoms with Crippen LogP contribution in [0.3, 0.4) is 0 Å². The summed E-state index contributed by atoms with van der Waals surface area (Å²) >= 11 is 0. The molecule has 0 aromatic rings. The third-order valence-electron chi connectivity index (χ3n) is 8.67. The normalized spacial score (nSPS) is 70.1. The van der Waals surface area contributed by atoms with Crippen LogP contribution in [0.4, 0.5) is 0 Å². The fraction of sp³-hybridized carbons (Fsp3) is 0.667. The highest BCUT2D eigenvalue weighted by Crippen LogP contribution is 2.90.